The number of nitrogens with one attached hydrogen (secondary N) is 1. The van der Waals surface area contributed by atoms with Crippen molar-refractivity contribution in [2.75, 3.05) is 17.1 Å². The topological polar surface area (TPSA) is 86.8 Å². The molecule has 0 aliphatic carbocycles. The summed E-state index contributed by atoms with van der Waals surface area (Å²) in [6, 6.07) is 17.9. The van der Waals surface area contributed by atoms with Crippen LogP contribution < -0.4 is 9.62 Å². The van der Waals surface area contributed by atoms with Gasteiger partial charge in [-0.3, -0.25) is 13.9 Å². The molecule has 1 N–H and O–H groups in total. The monoisotopic (exact) mass is 637 g/mol. The van der Waals surface area contributed by atoms with Crippen LogP contribution in [0.2, 0.25) is 15.1 Å². The number of hydrogen-bond donors (Lipinski definition) is 1. The first kappa shape index (κ1) is 32.7. The van der Waals surface area contributed by atoms with Gasteiger partial charge in [0.25, 0.3) is 0 Å². The first-order valence-corrected chi connectivity index (χ1v) is 16.1. The highest BCUT2D eigenvalue weighted by Gasteiger charge is 2.34. The SMILES string of the molecule is CC[C@H](C)NC(=O)[C@H](Cc1ccccc1)N(Cc1c(Cl)cccc1Cl)C(=O)CN(c1ccc(C)c(Cl)c1)S(C)(=O)=O. The van der Waals surface area contributed by atoms with Gasteiger partial charge in [0, 0.05) is 39.6 Å². The van der Waals surface area contributed by atoms with E-state index in [0.717, 1.165) is 21.7 Å². The van der Waals surface area contributed by atoms with Crippen LogP contribution in [0.1, 0.15) is 37.0 Å². The second-order valence-corrected chi connectivity index (χ2v) is 13.1. The molecule has 2 amide bonds. The zero-order valence-electron chi connectivity index (χ0n) is 23.4. The van der Waals surface area contributed by atoms with Crippen molar-refractivity contribution in [3.8, 4) is 0 Å². The lowest BCUT2D eigenvalue weighted by Crippen LogP contribution is -2.54. The van der Waals surface area contributed by atoms with E-state index in [1.165, 1.54) is 11.0 Å². The fraction of sp³-hybridized carbons (Fsp3) is 0.333. The number of benzene rings is 3. The Bertz CT molecular complexity index is 1470. The number of rotatable bonds is 12. The Morgan fingerprint density at radius 1 is 0.927 bits per heavy atom. The average molecular weight is 639 g/mol. The standard InChI is InChI=1S/C30H34Cl3N3O4S/c1-5-21(3)34-30(38)28(16-22-10-7-6-8-11-22)35(18-24-25(31)12-9-13-26(24)32)29(37)19-36(41(4,39)40)23-15-14-20(2)27(33)17-23/h6-15,17,21,28H,5,16,18-19H2,1-4H3,(H,34,38)/t21-,28-/m0/s1. The molecule has 0 saturated carbocycles. The fourth-order valence-electron chi connectivity index (χ4n) is 4.20. The van der Waals surface area contributed by atoms with Gasteiger partial charge in [0.15, 0.2) is 0 Å². The smallest absolute Gasteiger partial charge is 0.244 e. The highest BCUT2D eigenvalue weighted by molar-refractivity contribution is 7.92. The van der Waals surface area contributed by atoms with Crippen LogP contribution in [0.3, 0.4) is 0 Å². The largest absolute Gasteiger partial charge is 0.352 e. The van der Waals surface area contributed by atoms with Crippen molar-refractivity contribution in [2.24, 2.45) is 0 Å². The van der Waals surface area contributed by atoms with Crippen molar-refractivity contribution >= 4 is 62.3 Å². The molecular formula is C30H34Cl3N3O4S. The number of amides is 2. The zero-order chi connectivity index (χ0) is 30.3. The number of sulfonamides is 1. The summed E-state index contributed by atoms with van der Waals surface area (Å²) in [5.41, 5.74) is 2.26. The number of hydrogen-bond acceptors (Lipinski definition) is 4. The first-order valence-electron chi connectivity index (χ1n) is 13.1. The summed E-state index contributed by atoms with van der Waals surface area (Å²) in [5, 5.41) is 3.98. The fourth-order valence-corrected chi connectivity index (χ4v) is 5.73. The lowest BCUT2D eigenvalue weighted by molar-refractivity contribution is -0.140. The van der Waals surface area contributed by atoms with Gasteiger partial charge in [-0.1, -0.05) is 84.2 Å². The summed E-state index contributed by atoms with van der Waals surface area (Å²) in [5.74, 6) is -0.979. The van der Waals surface area contributed by atoms with Gasteiger partial charge in [-0.25, -0.2) is 8.42 Å². The molecule has 2 atom stereocenters. The first-order chi connectivity index (χ1) is 19.3. The van der Waals surface area contributed by atoms with Crippen molar-refractivity contribution in [1.82, 2.24) is 10.2 Å². The number of aryl methyl sites for hydroxylation is 1. The number of carbonyl (C=O) groups is 2. The van der Waals surface area contributed by atoms with E-state index in [-0.39, 0.29) is 30.6 Å². The summed E-state index contributed by atoms with van der Waals surface area (Å²) in [7, 11) is -3.92. The number of carbonyl (C=O) groups excluding carboxylic acids is 2. The molecule has 11 heteroatoms. The number of halogens is 3. The minimum absolute atomic E-state index is 0.116. The van der Waals surface area contributed by atoms with E-state index in [1.54, 1.807) is 37.3 Å². The van der Waals surface area contributed by atoms with Crippen molar-refractivity contribution in [1.29, 1.82) is 0 Å². The quantitative estimate of drug-likeness (QED) is 0.253. The summed E-state index contributed by atoms with van der Waals surface area (Å²) in [6.45, 7) is 4.93. The minimum atomic E-state index is -3.92. The minimum Gasteiger partial charge on any atom is -0.352 e. The van der Waals surface area contributed by atoms with E-state index in [4.69, 9.17) is 34.8 Å². The van der Waals surface area contributed by atoms with Gasteiger partial charge in [0.2, 0.25) is 21.8 Å². The maximum Gasteiger partial charge on any atom is 0.244 e. The molecule has 0 spiro atoms. The predicted molar refractivity (Wildman–Crippen MR) is 167 cm³/mol. The van der Waals surface area contributed by atoms with Crippen molar-refractivity contribution in [2.45, 2.75) is 52.2 Å². The van der Waals surface area contributed by atoms with Crippen LogP contribution >= 0.6 is 34.8 Å². The third-order valence-electron chi connectivity index (χ3n) is 6.78. The van der Waals surface area contributed by atoms with Crippen LogP contribution in [0.4, 0.5) is 5.69 Å². The molecule has 3 aromatic carbocycles. The summed E-state index contributed by atoms with van der Waals surface area (Å²) >= 11 is 19.3. The highest BCUT2D eigenvalue weighted by atomic mass is 35.5. The lowest BCUT2D eigenvalue weighted by atomic mass is 10.0. The van der Waals surface area contributed by atoms with E-state index in [0.29, 0.717) is 27.1 Å². The van der Waals surface area contributed by atoms with Crippen LogP contribution in [0.15, 0.2) is 66.7 Å². The summed E-state index contributed by atoms with van der Waals surface area (Å²) < 4.78 is 26.8. The highest BCUT2D eigenvalue weighted by Crippen LogP contribution is 2.29. The number of nitrogens with zero attached hydrogens (tertiary/aromatic N) is 2. The van der Waals surface area contributed by atoms with Gasteiger partial charge in [-0.15, -0.1) is 0 Å². The summed E-state index contributed by atoms with van der Waals surface area (Å²) in [4.78, 5) is 29.3. The third-order valence-corrected chi connectivity index (χ3v) is 9.04. The van der Waals surface area contributed by atoms with Gasteiger partial charge < -0.3 is 10.2 Å². The van der Waals surface area contributed by atoms with Crippen molar-refractivity contribution in [3.63, 3.8) is 0 Å². The predicted octanol–water partition coefficient (Wildman–Crippen LogP) is 6.28. The van der Waals surface area contributed by atoms with Crippen LogP contribution in [0.25, 0.3) is 0 Å². The van der Waals surface area contributed by atoms with Gasteiger partial charge in [0.1, 0.15) is 12.6 Å². The molecule has 0 aromatic heterocycles. The van der Waals surface area contributed by atoms with Crippen LogP contribution in [0.5, 0.6) is 0 Å². The molecule has 0 radical (unpaired) electrons. The molecule has 41 heavy (non-hydrogen) atoms. The van der Waals surface area contributed by atoms with Gasteiger partial charge in [0.05, 0.1) is 11.9 Å². The maximum absolute atomic E-state index is 14.2. The Kier molecular flexibility index (Phi) is 11.5. The Morgan fingerprint density at radius 2 is 1.56 bits per heavy atom. The Hall–Kier alpha value is -2.78. The summed E-state index contributed by atoms with van der Waals surface area (Å²) in [6.07, 6.45) is 1.89. The molecule has 3 rings (SSSR count). The van der Waals surface area contributed by atoms with Crippen LogP contribution in [0, 0.1) is 6.92 Å². The Labute approximate surface area is 257 Å². The molecule has 0 fully saturated rings. The molecule has 0 aliphatic heterocycles. The zero-order valence-corrected chi connectivity index (χ0v) is 26.5. The number of anilines is 1. The normalized spacial score (nSPS) is 12.9. The molecule has 0 aliphatic rings. The maximum atomic E-state index is 14.2. The van der Waals surface area contributed by atoms with E-state index in [9.17, 15) is 18.0 Å². The molecule has 0 saturated heterocycles. The average Bonchev–Trinajstić information content (AvgIpc) is 2.92. The second-order valence-electron chi connectivity index (χ2n) is 9.95. The van der Waals surface area contributed by atoms with Gasteiger partial charge >= 0.3 is 0 Å². The van der Waals surface area contributed by atoms with Crippen molar-refractivity contribution < 1.29 is 18.0 Å². The second kappa shape index (κ2) is 14.4. The van der Waals surface area contributed by atoms with E-state index >= 15 is 0 Å². The van der Waals surface area contributed by atoms with Gasteiger partial charge in [-0.05, 0) is 55.7 Å². The lowest BCUT2D eigenvalue weighted by Gasteiger charge is -2.34. The van der Waals surface area contributed by atoms with Crippen LogP contribution in [-0.4, -0.2) is 50.0 Å². The van der Waals surface area contributed by atoms with E-state index in [1.807, 2.05) is 44.2 Å². The van der Waals surface area contributed by atoms with E-state index < -0.39 is 28.5 Å². The molecule has 0 bridgehead atoms. The third kappa shape index (κ3) is 8.85. The molecular weight excluding hydrogens is 605 g/mol. The Balaban J connectivity index is 2.12. The molecule has 0 unspecified atom stereocenters. The Morgan fingerprint density at radius 3 is 2.12 bits per heavy atom. The van der Waals surface area contributed by atoms with E-state index in [2.05, 4.69) is 5.32 Å². The van der Waals surface area contributed by atoms with Crippen molar-refractivity contribution in [3.05, 3.63) is 98.5 Å². The molecule has 0 heterocycles. The van der Waals surface area contributed by atoms with Gasteiger partial charge in [-0.2, -0.15) is 0 Å². The molecule has 7 nitrogen and oxygen atoms in total. The molecule has 220 valence electrons. The molecule has 3 aromatic rings. The van der Waals surface area contributed by atoms with Crippen LogP contribution in [-0.2, 0) is 32.6 Å².